The quantitative estimate of drug-likeness (QED) is 0.846. The van der Waals surface area contributed by atoms with Gasteiger partial charge in [0, 0.05) is 10.7 Å². The van der Waals surface area contributed by atoms with Crippen molar-refractivity contribution in [1.29, 1.82) is 0 Å². The maximum Gasteiger partial charge on any atom is 0.0390 e. The van der Waals surface area contributed by atoms with E-state index < -0.39 is 0 Å². The molecule has 16 heavy (non-hydrogen) atoms. The fourth-order valence-corrected chi connectivity index (χ4v) is 3.50. The van der Waals surface area contributed by atoms with Crippen LogP contribution < -0.4 is 5.73 Å². The van der Waals surface area contributed by atoms with Crippen LogP contribution in [0, 0.1) is 5.92 Å². The van der Waals surface area contributed by atoms with Crippen LogP contribution in [-0.4, -0.2) is 0 Å². The average molecular weight is 231 g/mol. The van der Waals surface area contributed by atoms with Gasteiger partial charge in [0.1, 0.15) is 0 Å². The molecule has 0 saturated heterocycles. The van der Waals surface area contributed by atoms with Crippen molar-refractivity contribution in [3.8, 4) is 0 Å². The highest BCUT2D eigenvalue weighted by molar-refractivity contribution is 7.17. The van der Waals surface area contributed by atoms with E-state index in [1.807, 2.05) is 11.3 Å². The van der Waals surface area contributed by atoms with Gasteiger partial charge in [0.05, 0.1) is 0 Å². The van der Waals surface area contributed by atoms with Gasteiger partial charge in [-0.3, -0.25) is 0 Å². The molecule has 0 aliphatic heterocycles. The lowest BCUT2D eigenvalue weighted by Crippen LogP contribution is -2.20. The van der Waals surface area contributed by atoms with Crippen LogP contribution in [0.15, 0.2) is 29.6 Å². The minimum absolute atomic E-state index is 0.229. The van der Waals surface area contributed by atoms with E-state index in [0.29, 0.717) is 0 Å². The van der Waals surface area contributed by atoms with E-state index in [1.165, 1.54) is 34.9 Å². The van der Waals surface area contributed by atoms with E-state index in [2.05, 4.69) is 29.6 Å². The Morgan fingerprint density at radius 2 is 2.19 bits per heavy atom. The van der Waals surface area contributed by atoms with E-state index in [9.17, 15) is 0 Å². The molecule has 0 radical (unpaired) electrons. The zero-order chi connectivity index (χ0) is 11.0. The monoisotopic (exact) mass is 231 g/mol. The van der Waals surface area contributed by atoms with Crippen LogP contribution in [0.25, 0.3) is 10.1 Å². The van der Waals surface area contributed by atoms with Crippen molar-refractivity contribution in [2.45, 2.75) is 31.7 Å². The summed E-state index contributed by atoms with van der Waals surface area (Å²) in [5.41, 5.74) is 7.68. The summed E-state index contributed by atoms with van der Waals surface area (Å²) in [6.07, 6.45) is 5.33. The number of nitrogens with two attached hydrogens (primary N) is 1. The van der Waals surface area contributed by atoms with Gasteiger partial charge in [-0.15, -0.1) is 11.3 Å². The first-order valence-electron chi connectivity index (χ1n) is 6.06. The molecule has 2 aromatic rings. The molecule has 1 atom stereocenters. The van der Waals surface area contributed by atoms with Crippen molar-refractivity contribution in [2.75, 3.05) is 0 Å². The Labute approximate surface area is 100 Å². The summed E-state index contributed by atoms with van der Waals surface area (Å²) in [6.45, 7) is 0. The topological polar surface area (TPSA) is 26.0 Å². The predicted molar refractivity (Wildman–Crippen MR) is 70.7 cm³/mol. The number of rotatable bonds is 3. The Morgan fingerprint density at radius 1 is 1.31 bits per heavy atom. The molecule has 1 aromatic heterocycles. The van der Waals surface area contributed by atoms with Gasteiger partial charge in [0.25, 0.3) is 0 Å². The fourth-order valence-electron chi connectivity index (χ4n) is 2.52. The van der Waals surface area contributed by atoms with Crippen molar-refractivity contribution in [3.63, 3.8) is 0 Å². The first kappa shape index (κ1) is 10.3. The van der Waals surface area contributed by atoms with Crippen molar-refractivity contribution < 1.29 is 0 Å². The van der Waals surface area contributed by atoms with Crippen LogP contribution in [0.5, 0.6) is 0 Å². The van der Waals surface area contributed by atoms with E-state index in [4.69, 9.17) is 5.73 Å². The third-order valence-electron chi connectivity index (χ3n) is 3.72. The van der Waals surface area contributed by atoms with Gasteiger partial charge in [-0.05, 0) is 34.7 Å². The highest BCUT2D eigenvalue weighted by Crippen LogP contribution is 2.36. The first-order valence-corrected chi connectivity index (χ1v) is 6.94. The van der Waals surface area contributed by atoms with Crippen molar-refractivity contribution in [1.82, 2.24) is 0 Å². The van der Waals surface area contributed by atoms with Crippen molar-refractivity contribution >= 4 is 21.4 Å². The van der Waals surface area contributed by atoms with Crippen LogP contribution >= 0.6 is 11.3 Å². The van der Waals surface area contributed by atoms with Crippen LogP contribution in [0.2, 0.25) is 0 Å². The molecule has 3 rings (SSSR count). The molecule has 1 heterocycles. The second-order valence-electron chi connectivity index (χ2n) is 4.83. The highest BCUT2D eigenvalue weighted by atomic mass is 32.1. The summed E-state index contributed by atoms with van der Waals surface area (Å²) in [6, 6.07) is 8.91. The van der Waals surface area contributed by atoms with Crippen LogP contribution in [0.4, 0.5) is 0 Å². The number of hydrogen-bond donors (Lipinski definition) is 1. The molecular weight excluding hydrogens is 214 g/mol. The number of thiophene rings is 1. The normalized spacial score (nSPS) is 18.6. The van der Waals surface area contributed by atoms with Gasteiger partial charge < -0.3 is 5.73 Å². The number of hydrogen-bond acceptors (Lipinski definition) is 2. The molecule has 2 N–H and O–H groups in total. The number of fused-ring (bicyclic) bond motifs is 1. The summed E-state index contributed by atoms with van der Waals surface area (Å²) in [5.74, 6) is 0.880. The van der Waals surface area contributed by atoms with E-state index in [-0.39, 0.29) is 6.04 Å². The smallest absolute Gasteiger partial charge is 0.0390 e. The fraction of sp³-hybridized carbons (Fsp3) is 0.429. The van der Waals surface area contributed by atoms with Crippen LogP contribution in [-0.2, 0) is 0 Å². The zero-order valence-corrected chi connectivity index (χ0v) is 10.2. The maximum absolute atomic E-state index is 6.34. The molecule has 1 nitrogen and oxygen atoms in total. The summed E-state index contributed by atoms with van der Waals surface area (Å²) in [7, 11) is 0. The molecule has 1 fully saturated rings. The Morgan fingerprint density at radius 3 is 2.94 bits per heavy atom. The van der Waals surface area contributed by atoms with Gasteiger partial charge in [-0.25, -0.2) is 0 Å². The molecule has 0 spiro atoms. The van der Waals surface area contributed by atoms with Crippen LogP contribution in [0.1, 0.15) is 37.3 Å². The van der Waals surface area contributed by atoms with Crippen molar-refractivity contribution in [2.24, 2.45) is 11.7 Å². The number of benzene rings is 1. The lowest BCUT2D eigenvalue weighted by atomic mass is 9.80. The average Bonchev–Trinajstić information content (AvgIpc) is 2.70. The Kier molecular flexibility index (Phi) is 2.70. The molecule has 1 unspecified atom stereocenters. The molecule has 0 bridgehead atoms. The third kappa shape index (κ3) is 1.76. The lowest BCUT2D eigenvalue weighted by Gasteiger charge is -2.28. The second kappa shape index (κ2) is 4.19. The summed E-state index contributed by atoms with van der Waals surface area (Å²) in [4.78, 5) is 0. The standard InChI is InChI=1S/C14H17NS/c15-13(9-10-3-1-4-10)12-6-2-5-11-7-8-16-14(11)12/h2,5-8,10,13H,1,3-4,9,15H2. The summed E-state index contributed by atoms with van der Waals surface area (Å²) in [5, 5.41) is 3.50. The van der Waals surface area contributed by atoms with Gasteiger partial charge >= 0.3 is 0 Å². The molecule has 84 valence electrons. The van der Waals surface area contributed by atoms with Gasteiger partial charge in [0.2, 0.25) is 0 Å². The minimum atomic E-state index is 0.229. The third-order valence-corrected chi connectivity index (χ3v) is 4.70. The maximum atomic E-state index is 6.34. The SMILES string of the molecule is NC(CC1CCC1)c1cccc2ccsc12. The Bertz CT molecular complexity index is 484. The molecule has 1 saturated carbocycles. The first-order chi connectivity index (χ1) is 7.84. The molecule has 0 amide bonds. The Hall–Kier alpha value is -0.860. The molecule has 1 aliphatic carbocycles. The molecular formula is C14H17NS. The molecule has 1 aliphatic rings. The zero-order valence-electron chi connectivity index (χ0n) is 9.36. The predicted octanol–water partition coefficient (Wildman–Crippen LogP) is 4.09. The Balaban J connectivity index is 1.88. The van der Waals surface area contributed by atoms with Gasteiger partial charge in [-0.2, -0.15) is 0 Å². The highest BCUT2D eigenvalue weighted by Gasteiger charge is 2.21. The second-order valence-corrected chi connectivity index (χ2v) is 5.74. The van der Waals surface area contributed by atoms with Gasteiger partial charge in [-0.1, -0.05) is 37.5 Å². The lowest BCUT2D eigenvalue weighted by molar-refractivity contribution is 0.278. The van der Waals surface area contributed by atoms with E-state index >= 15 is 0 Å². The van der Waals surface area contributed by atoms with Crippen LogP contribution in [0.3, 0.4) is 0 Å². The van der Waals surface area contributed by atoms with E-state index in [0.717, 1.165) is 12.3 Å². The van der Waals surface area contributed by atoms with Crippen molar-refractivity contribution in [3.05, 3.63) is 35.2 Å². The molecule has 1 aromatic carbocycles. The molecule has 2 heteroatoms. The largest absolute Gasteiger partial charge is 0.324 e. The van der Waals surface area contributed by atoms with Gasteiger partial charge in [0.15, 0.2) is 0 Å². The summed E-state index contributed by atoms with van der Waals surface area (Å²) >= 11 is 1.81. The van der Waals surface area contributed by atoms with E-state index in [1.54, 1.807) is 0 Å². The summed E-state index contributed by atoms with van der Waals surface area (Å²) < 4.78 is 1.38. The minimum Gasteiger partial charge on any atom is -0.324 e.